The van der Waals surface area contributed by atoms with E-state index in [1.165, 1.54) is 10.4 Å². The van der Waals surface area contributed by atoms with Gasteiger partial charge < -0.3 is 10.1 Å². The molecule has 1 heterocycles. The Kier molecular flexibility index (Phi) is 7.39. The minimum absolute atomic E-state index is 0.0395. The van der Waals surface area contributed by atoms with Crippen molar-refractivity contribution in [2.45, 2.75) is 38.1 Å². The lowest BCUT2D eigenvalue weighted by atomic mass is 9.98. The molecule has 0 aliphatic carbocycles. The van der Waals surface area contributed by atoms with Crippen LogP contribution >= 0.6 is 11.6 Å². The van der Waals surface area contributed by atoms with Gasteiger partial charge in [0.15, 0.2) is 0 Å². The fourth-order valence-electron chi connectivity index (χ4n) is 3.63. The SMILES string of the molecule is CCOc1ccc(Cl)cc1S(=O)(=O)N1CCC[C@H](C(=O)NCc2cccc(C)c2)C1. The molecule has 30 heavy (non-hydrogen) atoms. The first kappa shape index (κ1) is 22.6. The van der Waals surface area contributed by atoms with E-state index in [1.54, 1.807) is 19.1 Å². The molecule has 0 saturated carbocycles. The van der Waals surface area contributed by atoms with Gasteiger partial charge in [-0.2, -0.15) is 4.31 Å². The molecule has 6 nitrogen and oxygen atoms in total. The Morgan fingerprint density at radius 3 is 2.80 bits per heavy atom. The number of sulfonamides is 1. The molecule has 0 bridgehead atoms. The number of halogens is 1. The van der Waals surface area contributed by atoms with E-state index in [2.05, 4.69) is 5.32 Å². The van der Waals surface area contributed by atoms with Gasteiger partial charge in [0.25, 0.3) is 0 Å². The quantitative estimate of drug-likeness (QED) is 0.696. The predicted octanol–water partition coefficient (Wildman–Crippen LogP) is 3.76. The number of carbonyl (C=O) groups excluding carboxylic acids is 1. The van der Waals surface area contributed by atoms with Crippen molar-refractivity contribution in [2.75, 3.05) is 19.7 Å². The zero-order valence-corrected chi connectivity index (χ0v) is 18.8. The minimum Gasteiger partial charge on any atom is -0.492 e. The molecule has 0 aromatic heterocycles. The number of rotatable bonds is 7. The third-order valence-electron chi connectivity index (χ3n) is 5.13. The normalized spacial score (nSPS) is 17.5. The van der Waals surface area contributed by atoms with E-state index in [1.807, 2.05) is 31.2 Å². The van der Waals surface area contributed by atoms with Crippen LogP contribution in [0, 0.1) is 12.8 Å². The highest BCUT2D eigenvalue weighted by Gasteiger charge is 2.35. The first-order chi connectivity index (χ1) is 14.3. The highest BCUT2D eigenvalue weighted by Crippen LogP contribution is 2.32. The fraction of sp³-hybridized carbons (Fsp3) is 0.409. The average molecular weight is 451 g/mol. The van der Waals surface area contributed by atoms with Crippen LogP contribution in [0.5, 0.6) is 5.75 Å². The van der Waals surface area contributed by atoms with Crippen LogP contribution in [0.15, 0.2) is 47.4 Å². The van der Waals surface area contributed by atoms with Crippen LogP contribution in [0.25, 0.3) is 0 Å². The summed E-state index contributed by atoms with van der Waals surface area (Å²) >= 11 is 6.05. The summed E-state index contributed by atoms with van der Waals surface area (Å²) in [6, 6.07) is 12.5. The second-order valence-corrected chi connectivity index (χ2v) is 9.78. The summed E-state index contributed by atoms with van der Waals surface area (Å²) in [5, 5.41) is 3.26. The Balaban J connectivity index is 1.72. The Bertz CT molecular complexity index is 1010. The Morgan fingerprint density at radius 2 is 2.07 bits per heavy atom. The number of piperidine rings is 1. The molecule has 2 aromatic rings. The van der Waals surface area contributed by atoms with Gasteiger partial charge in [-0.15, -0.1) is 0 Å². The van der Waals surface area contributed by atoms with E-state index in [0.717, 1.165) is 11.1 Å². The number of ether oxygens (including phenoxy) is 1. The lowest BCUT2D eigenvalue weighted by Gasteiger charge is -2.31. The molecule has 1 aliphatic rings. The van der Waals surface area contributed by atoms with Crippen LogP contribution in [0.4, 0.5) is 0 Å². The van der Waals surface area contributed by atoms with Crippen molar-refractivity contribution >= 4 is 27.5 Å². The number of carbonyl (C=O) groups is 1. The molecule has 0 radical (unpaired) electrons. The van der Waals surface area contributed by atoms with Crippen molar-refractivity contribution < 1.29 is 17.9 Å². The summed E-state index contributed by atoms with van der Waals surface area (Å²) in [5.41, 5.74) is 2.15. The number of aryl methyl sites for hydroxylation is 1. The number of nitrogens with one attached hydrogen (secondary N) is 1. The van der Waals surface area contributed by atoms with Crippen molar-refractivity contribution in [3.63, 3.8) is 0 Å². The first-order valence-electron chi connectivity index (χ1n) is 10.1. The second kappa shape index (κ2) is 9.81. The van der Waals surface area contributed by atoms with Crippen LogP contribution < -0.4 is 10.1 Å². The summed E-state index contributed by atoms with van der Waals surface area (Å²) in [4.78, 5) is 12.8. The minimum atomic E-state index is -3.83. The van der Waals surface area contributed by atoms with Gasteiger partial charge in [0.05, 0.1) is 12.5 Å². The van der Waals surface area contributed by atoms with E-state index in [-0.39, 0.29) is 23.1 Å². The third kappa shape index (κ3) is 5.33. The van der Waals surface area contributed by atoms with Gasteiger partial charge in [0, 0.05) is 24.7 Å². The molecule has 0 unspecified atom stereocenters. The molecule has 1 saturated heterocycles. The molecule has 1 aliphatic heterocycles. The summed E-state index contributed by atoms with van der Waals surface area (Å²) in [6.45, 7) is 5.06. The maximum Gasteiger partial charge on any atom is 0.246 e. The van der Waals surface area contributed by atoms with Gasteiger partial charge >= 0.3 is 0 Å². The number of amides is 1. The molecular weight excluding hydrogens is 424 g/mol. The van der Waals surface area contributed by atoms with E-state index in [0.29, 0.717) is 37.6 Å². The van der Waals surface area contributed by atoms with Crippen molar-refractivity contribution in [1.29, 1.82) is 0 Å². The predicted molar refractivity (Wildman–Crippen MR) is 117 cm³/mol. The van der Waals surface area contributed by atoms with Gasteiger partial charge in [0.1, 0.15) is 10.6 Å². The van der Waals surface area contributed by atoms with Gasteiger partial charge in [-0.3, -0.25) is 4.79 Å². The second-order valence-electron chi connectivity index (χ2n) is 7.43. The number of hydrogen-bond acceptors (Lipinski definition) is 4. The maximum atomic E-state index is 13.3. The number of hydrogen-bond donors (Lipinski definition) is 1. The third-order valence-corrected chi connectivity index (χ3v) is 7.25. The molecule has 0 spiro atoms. The number of nitrogens with zero attached hydrogens (tertiary/aromatic N) is 1. The van der Waals surface area contributed by atoms with Crippen LogP contribution in [0.3, 0.4) is 0 Å². The lowest BCUT2D eigenvalue weighted by Crippen LogP contribution is -2.45. The molecule has 1 atom stereocenters. The van der Waals surface area contributed by atoms with E-state index in [9.17, 15) is 13.2 Å². The first-order valence-corrected chi connectivity index (χ1v) is 11.9. The molecule has 2 aromatic carbocycles. The largest absolute Gasteiger partial charge is 0.492 e. The topological polar surface area (TPSA) is 75.7 Å². The van der Waals surface area contributed by atoms with E-state index in [4.69, 9.17) is 16.3 Å². The zero-order chi connectivity index (χ0) is 21.7. The summed E-state index contributed by atoms with van der Waals surface area (Å²) in [6.07, 6.45) is 1.27. The Hall–Kier alpha value is -2.09. The molecular formula is C22H27ClN2O4S. The standard InChI is InChI=1S/C22H27ClN2O4S/c1-3-29-20-10-9-19(23)13-21(20)30(27,28)25-11-5-8-18(15-25)22(26)24-14-17-7-4-6-16(2)12-17/h4,6-7,9-10,12-13,18H,3,5,8,11,14-15H2,1-2H3,(H,24,26)/t18-/m0/s1. The Morgan fingerprint density at radius 1 is 1.27 bits per heavy atom. The molecule has 162 valence electrons. The van der Waals surface area contributed by atoms with Gasteiger partial charge in [-0.05, 0) is 50.5 Å². The van der Waals surface area contributed by atoms with Crippen molar-refractivity contribution in [1.82, 2.24) is 9.62 Å². The zero-order valence-electron chi connectivity index (χ0n) is 17.2. The van der Waals surface area contributed by atoms with Gasteiger partial charge in [0.2, 0.25) is 15.9 Å². The molecule has 1 amide bonds. The van der Waals surface area contributed by atoms with E-state index < -0.39 is 15.9 Å². The summed E-state index contributed by atoms with van der Waals surface area (Å²) in [5.74, 6) is -0.256. The highest BCUT2D eigenvalue weighted by molar-refractivity contribution is 7.89. The molecule has 3 rings (SSSR count). The highest BCUT2D eigenvalue weighted by atomic mass is 35.5. The van der Waals surface area contributed by atoms with Crippen LogP contribution in [-0.4, -0.2) is 38.3 Å². The van der Waals surface area contributed by atoms with Gasteiger partial charge in [-0.25, -0.2) is 8.42 Å². The lowest BCUT2D eigenvalue weighted by molar-refractivity contribution is -0.126. The molecule has 1 fully saturated rings. The van der Waals surface area contributed by atoms with Crippen molar-refractivity contribution in [3.05, 3.63) is 58.6 Å². The average Bonchev–Trinajstić information content (AvgIpc) is 2.73. The molecule has 8 heteroatoms. The van der Waals surface area contributed by atoms with Crippen LogP contribution in [0.1, 0.15) is 30.9 Å². The van der Waals surface area contributed by atoms with E-state index >= 15 is 0 Å². The maximum absolute atomic E-state index is 13.3. The van der Waals surface area contributed by atoms with Crippen LogP contribution in [-0.2, 0) is 21.4 Å². The summed E-state index contributed by atoms with van der Waals surface area (Å²) < 4.78 is 33.4. The van der Waals surface area contributed by atoms with Crippen molar-refractivity contribution in [3.8, 4) is 5.75 Å². The molecule has 1 N–H and O–H groups in total. The van der Waals surface area contributed by atoms with Gasteiger partial charge in [-0.1, -0.05) is 41.4 Å². The monoisotopic (exact) mass is 450 g/mol. The Labute approximate surface area is 183 Å². The summed E-state index contributed by atoms with van der Waals surface area (Å²) in [7, 11) is -3.83. The smallest absolute Gasteiger partial charge is 0.246 e. The number of benzene rings is 2. The van der Waals surface area contributed by atoms with Crippen molar-refractivity contribution in [2.24, 2.45) is 5.92 Å². The van der Waals surface area contributed by atoms with Crippen LogP contribution in [0.2, 0.25) is 5.02 Å². The fourth-order valence-corrected chi connectivity index (χ4v) is 5.55.